The van der Waals surface area contributed by atoms with Crippen LogP contribution in [0.2, 0.25) is 0 Å². The van der Waals surface area contributed by atoms with Gasteiger partial charge in [-0.3, -0.25) is 0 Å². The Morgan fingerprint density at radius 2 is 1.79 bits per heavy atom. The van der Waals surface area contributed by atoms with Crippen LogP contribution in [-0.4, -0.2) is 52.9 Å². The Morgan fingerprint density at radius 3 is 2.34 bits per heavy atom. The van der Waals surface area contributed by atoms with Crippen LogP contribution in [0, 0.1) is 23.2 Å². The Morgan fingerprint density at radius 1 is 1.17 bits per heavy atom. The van der Waals surface area contributed by atoms with Crippen LogP contribution in [0.5, 0.6) is 0 Å². The number of allylic oxidation sites excluding steroid dienone is 2. The molecule has 164 valence electrons. The molecule has 0 aromatic carbocycles. The van der Waals surface area contributed by atoms with Gasteiger partial charge in [-0.1, -0.05) is 12.2 Å². The summed E-state index contributed by atoms with van der Waals surface area (Å²) in [5, 5.41) is 0. The van der Waals surface area contributed by atoms with Crippen LogP contribution in [0.1, 0.15) is 19.8 Å². The Labute approximate surface area is 166 Å². The lowest BCUT2D eigenvalue weighted by atomic mass is 9.70. The maximum atomic E-state index is 13.0. The molecule has 4 aliphatic rings. The topological polar surface area (TPSA) is 80.3 Å². The van der Waals surface area contributed by atoms with Gasteiger partial charge in [0.05, 0.1) is 18.6 Å². The fraction of sp³-hybridized carbons (Fsp3) is 0.778. The van der Waals surface area contributed by atoms with Crippen molar-refractivity contribution in [3.8, 4) is 0 Å². The minimum Gasteiger partial charge on any atom is -0.375 e. The van der Waals surface area contributed by atoms with Crippen molar-refractivity contribution >= 4 is 10.1 Å². The zero-order valence-corrected chi connectivity index (χ0v) is 17.0. The predicted molar refractivity (Wildman–Crippen MR) is 92.5 cm³/mol. The lowest BCUT2D eigenvalue weighted by Gasteiger charge is -2.46. The van der Waals surface area contributed by atoms with E-state index in [1.165, 1.54) is 20.3 Å². The molecule has 0 amide bonds. The van der Waals surface area contributed by atoms with Gasteiger partial charge in [-0.25, -0.2) is 0 Å². The number of hydrogen-bond donors (Lipinski definition) is 0. The van der Waals surface area contributed by atoms with Crippen molar-refractivity contribution in [1.82, 2.24) is 0 Å². The molecule has 0 aromatic heterocycles. The van der Waals surface area contributed by atoms with E-state index in [1.54, 1.807) is 6.92 Å². The first-order valence-corrected chi connectivity index (χ1v) is 10.7. The smallest absolute Gasteiger partial charge is 0.375 e. The third-order valence-corrected chi connectivity index (χ3v) is 7.78. The van der Waals surface area contributed by atoms with Crippen molar-refractivity contribution < 1.29 is 44.7 Å². The molecule has 0 N–H and O–H groups in total. The molecule has 0 aromatic rings. The number of fused-ring (bicyclic) bond motifs is 3. The van der Waals surface area contributed by atoms with E-state index in [2.05, 4.69) is 10.3 Å². The normalized spacial score (nSPS) is 37.4. The Balaban J connectivity index is 1.88. The quantitative estimate of drug-likeness (QED) is 0.281. The molecule has 0 bridgehead atoms. The first kappa shape index (κ1) is 21.1. The van der Waals surface area contributed by atoms with Gasteiger partial charge in [0.1, 0.15) is 0 Å². The van der Waals surface area contributed by atoms with Gasteiger partial charge in [-0.2, -0.15) is 21.6 Å². The van der Waals surface area contributed by atoms with Crippen molar-refractivity contribution in [1.29, 1.82) is 0 Å². The van der Waals surface area contributed by atoms with Crippen LogP contribution < -0.4 is 0 Å². The number of ether oxygens (including phenoxy) is 4. The van der Waals surface area contributed by atoms with Crippen LogP contribution in [0.4, 0.5) is 13.2 Å². The highest BCUT2D eigenvalue weighted by atomic mass is 32.2. The van der Waals surface area contributed by atoms with Crippen LogP contribution in [0.15, 0.2) is 24.0 Å². The zero-order chi connectivity index (χ0) is 21.3. The molecule has 0 unspecified atom stereocenters. The maximum Gasteiger partial charge on any atom is 0.534 e. The van der Waals surface area contributed by atoms with Crippen LogP contribution >= 0.6 is 0 Å². The first-order chi connectivity index (χ1) is 13.5. The molecule has 1 heterocycles. The summed E-state index contributed by atoms with van der Waals surface area (Å²) in [6.45, 7) is 2.34. The third-order valence-electron chi connectivity index (χ3n) is 6.81. The number of alkyl halides is 3. The van der Waals surface area contributed by atoms with Gasteiger partial charge in [0, 0.05) is 20.1 Å². The maximum absolute atomic E-state index is 13.0. The standard InChI is InChI=1S/C18H23F3O7S/c1-15(26-7-8-27-15)16-9-11-5-4-6-12(11)14(16)17(24-2,25-3)13(10-16)28-29(22,23)18(19,20)21/h4-5,10-12,14H,6-9H2,1-3H3/t11-,12-,14+,16-/m0/s1. The second-order valence-corrected chi connectivity index (χ2v) is 9.46. The zero-order valence-electron chi connectivity index (χ0n) is 16.2. The SMILES string of the molecule is COC1(OC)C(OS(=O)(=O)C(F)(F)F)=C[C@@]2(C3(C)OCCO3)C[C@@H]3C=CC[C@@H]3[C@@H]12. The van der Waals surface area contributed by atoms with Crippen LogP contribution in [0.25, 0.3) is 0 Å². The van der Waals surface area contributed by atoms with Crippen LogP contribution in [0.3, 0.4) is 0 Å². The molecule has 0 spiro atoms. The van der Waals surface area contributed by atoms with Gasteiger partial charge in [-0.15, -0.1) is 0 Å². The summed E-state index contributed by atoms with van der Waals surface area (Å²) < 4.78 is 90.3. The van der Waals surface area contributed by atoms with Gasteiger partial charge >= 0.3 is 15.6 Å². The largest absolute Gasteiger partial charge is 0.534 e. The lowest BCUT2D eigenvalue weighted by molar-refractivity contribution is -0.280. The molecule has 4 atom stereocenters. The lowest BCUT2D eigenvalue weighted by Crippen LogP contribution is -2.54. The van der Waals surface area contributed by atoms with E-state index in [9.17, 15) is 21.6 Å². The van der Waals surface area contributed by atoms with Crippen LogP contribution in [-0.2, 0) is 33.2 Å². The fourth-order valence-corrected chi connectivity index (χ4v) is 6.15. The highest BCUT2D eigenvalue weighted by molar-refractivity contribution is 7.87. The molecule has 29 heavy (non-hydrogen) atoms. The number of hydrogen-bond acceptors (Lipinski definition) is 7. The van der Waals surface area contributed by atoms with E-state index in [0.29, 0.717) is 26.1 Å². The minimum atomic E-state index is -5.92. The Kier molecular flexibility index (Phi) is 4.68. The third kappa shape index (κ3) is 2.67. The van der Waals surface area contributed by atoms with Crippen molar-refractivity contribution in [2.24, 2.45) is 23.2 Å². The second-order valence-electron chi connectivity index (χ2n) is 7.92. The summed E-state index contributed by atoms with van der Waals surface area (Å²) in [4.78, 5) is 0. The predicted octanol–water partition coefficient (Wildman–Crippen LogP) is 2.70. The highest BCUT2D eigenvalue weighted by Crippen LogP contribution is 2.70. The first-order valence-electron chi connectivity index (χ1n) is 9.25. The van der Waals surface area contributed by atoms with Gasteiger partial charge < -0.3 is 23.1 Å². The highest BCUT2D eigenvalue weighted by Gasteiger charge is 2.75. The average molecular weight is 440 g/mol. The van der Waals surface area contributed by atoms with Crippen molar-refractivity contribution in [2.75, 3.05) is 27.4 Å². The van der Waals surface area contributed by atoms with E-state index >= 15 is 0 Å². The van der Waals surface area contributed by atoms with E-state index in [1.807, 2.05) is 6.08 Å². The molecular formula is C18H23F3O7S. The molecule has 0 radical (unpaired) electrons. The second kappa shape index (κ2) is 6.43. The summed E-state index contributed by atoms with van der Waals surface area (Å²) in [5.41, 5.74) is -6.58. The summed E-state index contributed by atoms with van der Waals surface area (Å²) in [6.07, 6.45) is 6.54. The molecule has 1 saturated carbocycles. The van der Waals surface area contributed by atoms with Gasteiger partial charge in [-0.05, 0) is 37.7 Å². The van der Waals surface area contributed by atoms with E-state index < -0.39 is 44.3 Å². The number of halogens is 3. The molecule has 1 saturated heterocycles. The van der Waals surface area contributed by atoms with Crippen molar-refractivity contribution in [2.45, 2.75) is 36.8 Å². The Bertz CT molecular complexity index is 840. The molecule has 7 nitrogen and oxygen atoms in total. The number of rotatable bonds is 5. The average Bonchev–Trinajstić information content (AvgIpc) is 3.35. The molecular weight excluding hydrogens is 417 g/mol. The number of methoxy groups -OCH3 is 2. The summed E-state index contributed by atoms with van der Waals surface area (Å²) in [6, 6.07) is 0. The monoisotopic (exact) mass is 440 g/mol. The van der Waals surface area contributed by atoms with E-state index in [0.717, 1.165) is 0 Å². The van der Waals surface area contributed by atoms with Gasteiger partial charge in [0.2, 0.25) is 5.79 Å². The molecule has 11 heteroatoms. The van der Waals surface area contributed by atoms with Crippen molar-refractivity contribution in [3.63, 3.8) is 0 Å². The summed E-state index contributed by atoms with van der Waals surface area (Å²) >= 11 is 0. The van der Waals surface area contributed by atoms with E-state index in [-0.39, 0.29) is 11.8 Å². The Hall–Kier alpha value is -1.14. The van der Waals surface area contributed by atoms with Gasteiger partial charge in [0.25, 0.3) is 0 Å². The van der Waals surface area contributed by atoms with E-state index in [4.69, 9.17) is 18.9 Å². The van der Waals surface area contributed by atoms with Gasteiger partial charge in [0.15, 0.2) is 11.5 Å². The fourth-order valence-electron chi connectivity index (χ4n) is 5.66. The summed E-state index contributed by atoms with van der Waals surface area (Å²) in [5.74, 6) is -4.10. The molecule has 1 aliphatic heterocycles. The molecule has 4 rings (SSSR count). The summed E-state index contributed by atoms with van der Waals surface area (Å²) in [7, 11) is -3.41. The molecule has 2 fully saturated rings. The van der Waals surface area contributed by atoms with Crippen molar-refractivity contribution in [3.05, 3.63) is 24.0 Å². The molecule has 3 aliphatic carbocycles. The minimum absolute atomic E-state index is 0.0644.